The summed E-state index contributed by atoms with van der Waals surface area (Å²) in [6.45, 7) is 0. The minimum absolute atomic E-state index is 0.122. The van der Waals surface area contributed by atoms with E-state index < -0.39 is 17.7 Å². The van der Waals surface area contributed by atoms with Crippen molar-refractivity contribution in [3.63, 3.8) is 0 Å². The number of rotatable bonds is 1. The van der Waals surface area contributed by atoms with Crippen LogP contribution in [0.1, 0.15) is 12.0 Å². The summed E-state index contributed by atoms with van der Waals surface area (Å²) >= 11 is 0. The van der Waals surface area contributed by atoms with Crippen molar-refractivity contribution in [1.82, 2.24) is 0 Å². The van der Waals surface area contributed by atoms with E-state index in [9.17, 15) is 19.1 Å². The van der Waals surface area contributed by atoms with Crippen molar-refractivity contribution in [3.05, 3.63) is 35.2 Å². The minimum Gasteiger partial charge on any atom is -0.507 e. The maximum absolute atomic E-state index is 13.1. The third-order valence-electron chi connectivity index (χ3n) is 2.57. The van der Waals surface area contributed by atoms with Gasteiger partial charge in [0.1, 0.15) is 11.6 Å². The zero-order valence-corrected chi connectivity index (χ0v) is 9.49. The predicted molar refractivity (Wildman–Crippen MR) is 61.2 cm³/mol. The van der Waals surface area contributed by atoms with Gasteiger partial charge in [-0.2, -0.15) is 0 Å². The Kier molecular flexibility index (Phi) is 3.01. The van der Waals surface area contributed by atoms with E-state index in [0.717, 1.165) is 19.2 Å². The highest BCUT2D eigenvalue weighted by Crippen LogP contribution is 2.30. The topological polar surface area (TPSA) is 75.6 Å². The second kappa shape index (κ2) is 4.48. The standard InChI is InChI=1S/C12H10FNO4/c1-18-12(17)8-5-10(15)14-9-4-6(13)2-3-7(9)11(8)16/h2-4,16H,5H2,1H3,(H,14,15). The fourth-order valence-corrected chi connectivity index (χ4v) is 1.72. The molecule has 5 nitrogen and oxygen atoms in total. The molecule has 18 heavy (non-hydrogen) atoms. The molecule has 1 aliphatic heterocycles. The molecule has 0 bridgehead atoms. The average molecular weight is 251 g/mol. The number of halogens is 1. The summed E-state index contributed by atoms with van der Waals surface area (Å²) in [5, 5.41) is 12.4. The average Bonchev–Trinajstić information content (AvgIpc) is 2.45. The fourth-order valence-electron chi connectivity index (χ4n) is 1.72. The lowest BCUT2D eigenvalue weighted by Crippen LogP contribution is -2.14. The molecular formula is C12H10FNO4. The smallest absolute Gasteiger partial charge is 0.338 e. The number of hydrogen-bond donors (Lipinski definition) is 2. The number of ether oxygens (including phenoxy) is 1. The highest BCUT2D eigenvalue weighted by molar-refractivity contribution is 6.08. The van der Waals surface area contributed by atoms with Gasteiger partial charge in [0.05, 0.1) is 24.8 Å². The van der Waals surface area contributed by atoms with Crippen molar-refractivity contribution in [1.29, 1.82) is 0 Å². The number of fused-ring (bicyclic) bond motifs is 1. The number of carbonyl (C=O) groups is 2. The molecule has 0 aliphatic carbocycles. The normalized spacial score (nSPS) is 14.7. The second-order valence-electron chi connectivity index (χ2n) is 3.73. The van der Waals surface area contributed by atoms with Crippen LogP contribution < -0.4 is 5.32 Å². The second-order valence-corrected chi connectivity index (χ2v) is 3.73. The van der Waals surface area contributed by atoms with Crippen LogP contribution in [0.3, 0.4) is 0 Å². The fraction of sp³-hybridized carbons (Fsp3) is 0.167. The summed E-state index contributed by atoms with van der Waals surface area (Å²) < 4.78 is 17.6. The van der Waals surface area contributed by atoms with Crippen molar-refractivity contribution in [2.75, 3.05) is 12.4 Å². The Balaban J connectivity index is 2.61. The van der Waals surface area contributed by atoms with E-state index in [4.69, 9.17) is 0 Å². The maximum Gasteiger partial charge on any atom is 0.338 e. The van der Waals surface area contributed by atoms with Crippen molar-refractivity contribution < 1.29 is 23.8 Å². The number of hydrogen-bond acceptors (Lipinski definition) is 4. The molecule has 0 fully saturated rings. The molecule has 1 heterocycles. The molecule has 2 rings (SSSR count). The molecule has 94 valence electrons. The predicted octanol–water partition coefficient (Wildman–Crippen LogP) is 1.61. The molecule has 2 N–H and O–H groups in total. The number of esters is 1. The molecule has 0 unspecified atom stereocenters. The van der Waals surface area contributed by atoms with Gasteiger partial charge in [-0.25, -0.2) is 9.18 Å². The summed E-state index contributed by atoms with van der Waals surface area (Å²) in [5.74, 6) is -2.25. The largest absolute Gasteiger partial charge is 0.507 e. The Labute approximate surface area is 102 Å². The zero-order chi connectivity index (χ0) is 13.3. The molecular weight excluding hydrogens is 241 g/mol. The van der Waals surface area contributed by atoms with Crippen LogP contribution >= 0.6 is 0 Å². The molecule has 0 saturated carbocycles. The van der Waals surface area contributed by atoms with Crippen LogP contribution in [0, 0.1) is 5.82 Å². The van der Waals surface area contributed by atoms with Gasteiger partial charge in [0.15, 0.2) is 0 Å². The highest BCUT2D eigenvalue weighted by Gasteiger charge is 2.26. The van der Waals surface area contributed by atoms with Crippen LogP contribution in [0.2, 0.25) is 0 Å². The lowest BCUT2D eigenvalue weighted by molar-refractivity contribution is -0.137. The summed E-state index contributed by atoms with van der Waals surface area (Å²) in [4.78, 5) is 23.0. The van der Waals surface area contributed by atoms with E-state index in [1.165, 1.54) is 6.07 Å². The SMILES string of the molecule is COC(=O)C1=C(O)c2ccc(F)cc2NC(=O)C1. The molecule has 0 radical (unpaired) electrons. The van der Waals surface area contributed by atoms with Gasteiger partial charge in [0, 0.05) is 5.56 Å². The van der Waals surface area contributed by atoms with E-state index in [-0.39, 0.29) is 29.0 Å². The summed E-state index contributed by atoms with van der Waals surface area (Å²) in [6, 6.07) is 3.49. The van der Waals surface area contributed by atoms with Gasteiger partial charge in [0.2, 0.25) is 5.91 Å². The Morgan fingerprint density at radius 1 is 1.50 bits per heavy atom. The van der Waals surface area contributed by atoms with Gasteiger partial charge in [-0.1, -0.05) is 0 Å². The lowest BCUT2D eigenvalue weighted by Gasteiger charge is -2.07. The van der Waals surface area contributed by atoms with Gasteiger partial charge in [-0.3, -0.25) is 4.79 Å². The summed E-state index contributed by atoms with van der Waals surface area (Å²) in [6.07, 6.45) is -0.325. The van der Waals surface area contributed by atoms with Gasteiger partial charge in [-0.05, 0) is 18.2 Å². The van der Waals surface area contributed by atoms with Gasteiger partial charge in [0.25, 0.3) is 0 Å². The quantitative estimate of drug-likeness (QED) is 0.743. The number of aliphatic hydroxyl groups is 1. The Morgan fingerprint density at radius 3 is 2.89 bits per heavy atom. The van der Waals surface area contributed by atoms with E-state index in [1.807, 2.05) is 0 Å². The Hall–Kier alpha value is -2.37. The minimum atomic E-state index is -0.792. The molecule has 1 aromatic carbocycles. The maximum atomic E-state index is 13.1. The van der Waals surface area contributed by atoms with Crippen molar-refractivity contribution in [3.8, 4) is 0 Å². The molecule has 0 spiro atoms. The lowest BCUT2D eigenvalue weighted by atomic mass is 10.1. The molecule has 0 aromatic heterocycles. The first-order valence-corrected chi connectivity index (χ1v) is 5.13. The van der Waals surface area contributed by atoms with Crippen molar-refractivity contribution in [2.45, 2.75) is 6.42 Å². The Morgan fingerprint density at radius 2 is 2.22 bits per heavy atom. The monoisotopic (exact) mass is 251 g/mol. The first-order chi connectivity index (χ1) is 8.52. The molecule has 6 heteroatoms. The number of aliphatic hydroxyl groups excluding tert-OH is 1. The number of methoxy groups -OCH3 is 1. The molecule has 0 atom stereocenters. The zero-order valence-electron chi connectivity index (χ0n) is 9.49. The molecule has 1 amide bonds. The van der Waals surface area contributed by atoms with Crippen LogP contribution in [-0.2, 0) is 14.3 Å². The first-order valence-electron chi connectivity index (χ1n) is 5.13. The summed E-state index contributed by atoms with van der Waals surface area (Å²) in [5.41, 5.74) is 0.152. The third-order valence-corrected chi connectivity index (χ3v) is 2.57. The number of nitrogens with one attached hydrogen (secondary N) is 1. The molecule has 0 saturated heterocycles. The number of benzene rings is 1. The van der Waals surface area contributed by atoms with Crippen LogP contribution in [-0.4, -0.2) is 24.1 Å². The van der Waals surface area contributed by atoms with Gasteiger partial charge >= 0.3 is 5.97 Å². The van der Waals surface area contributed by atoms with Gasteiger partial charge in [-0.15, -0.1) is 0 Å². The van der Waals surface area contributed by atoms with Crippen LogP contribution in [0.25, 0.3) is 5.76 Å². The van der Waals surface area contributed by atoms with Crippen molar-refractivity contribution >= 4 is 23.3 Å². The summed E-state index contributed by atoms with van der Waals surface area (Å²) in [7, 11) is 1.15. The van der Waals surface area contributed by atoms with Crippen LogP contribution in [0.4, 0.5) is 10.1 Å². The molecule has 1 aliphatic rings. The number of anilines is 1. The number of amides is 1. The number of carbonyl (C=O) groups excluding carboxylic acids is 2. The molecule has 1 aromatic rings. The Bertz CT molecular complexity index is 565. The third kappa shape index (κ3) is 2.04. The highest BCUT2D eigenvalue weighted by atomic mass is 19.1. The van der Waals surface area contributed by atoms with Crippen LogP contribution in [0.5, 0.6) is 0 Å². The van der Waals surface area contributed by atoms with E-state index in [2.05, 4.69) is 10.1 Å². The first kappa shape index (κ1) is 12.1. The van der Waals surface area contributed by atoms with E-state index >= 15 is 0 Å². The van der Waals surface area contributed by atoms with E-state index in [0.29, 0.717) is 0 Å². The van der Waals surface area contributed by atoms with Crippen LogP contribution in [0.15, 0.2) is 23.8 Å². The van der Waals surface area contributed by atoms with E-state index in [1.54, 1.807) is 0 Å². The van der Waals surface area contributed by atoms with Crippen molar-refractivity contribution in [2.24, 2.45) is 0 Å². The van der Waals surface area contributed by atoms with Gasteiger partial charge < -0.3 is 15.2 Å².